The molecule has 0 saturated heterocycles. The fraction of sp³-hybridized carbons (Fsp3) is 1.00. The Morgan fingerprint density at radius 3 is 1.17 bits per heavy atom. The highest BCUT2D eigenvalue weighted by Crippen LogP contribution is 1.47. The monoisotopic (exact) mass is 108 g/mol. The third-order valence-corrected chi connectivity index (χ3v) is 0. The van der Waals surface area contributed by atoms with E-state index in [0.29, 0.717) is 0 Å². The van der Waals surface area contributed by atoms with E-state index in [9.17, 15) is 0 Å². The lowest BCUT2D eigenvalue weighted by atomic mass is 11.0. The molecule has 0 saturated carbocycles. The molecule has 0 aromatic rings. The highest BCUT2D eigenvalue weighted by molar-refractivity contribution is 7.00. The standard InChI is InChI=1S/C3H9N.H2OP/c1-4(2)3;1-2/h1-3H3;2H2/q;+1. The molecular formula is C3H11NOP+. The Balaban J connectivity index is 0. The summed E-state index contributed by atoms with van der Waals surface area (Å²) in [6.07, 6.45) is 0. The smallest absolute Gasteiger partial charge is 0.310 e. The predicted molar refractivity (Wildman–Crippen MR) is 30.0 cm³/mol. The second-order valence-electron chi connectivity index (χ2n) is 1.34. The van der Waals surface area contributed by atoms with Crippen LogP contribution in [0.2, 0.25) is 0 Å². The molecule has 3 heteroatoms. The van der Waals surface area contributed by atoms with E-state index in [2.05, 4.69) is 0 Å². The van der Waals surface area contributed by atoms with E-state index in [-0.39, 0.29) is 0 Å². The Labute approximate surface area is 40.8 Å². The van der Waals surface area contributed by atoms with Gasteiger partial charge in [-0.25, -0.2) is 0 Å². The average Bonchev–Trinajstić information content (AvgIpc) is 1.41. The zero-order valence-corrected chi connectivity index (χ0v) is 5.59. The molecule has 0 bridgehead atoms. The van der Waals surface area contributed by atoms with Gasteiger partial charge in [-0.15, -0.1) is 0 Å². The van der Waals surface area contributed by atoms with Crippen LogP contribution in [0.5, 0.6) is 0 Å². The van der Waals surface area contributed by atoms with Crippen molar-refractivity contribution in [2.75, 3.05) is 21.1 Å². The maximum absolute atomic E-state index is 8.17. The van der Waals surface area contributed by atoms with Gasteiger partial charge in [0, 0.05) is 0 Å². The topological polar surface area (TPSA) is 20.3 Å². The van der Waals surface area contributed by atoms with Crippen LogP contribution in [0, 0.1) is 0 Å². The minimum absolute atomic E-state index is 1.17. The van der Waals surface area contributed by atoms with E-state index in [1.807, 2.05) is 26.0 Å². The van der Waals surface area contributed by atoms with Crippen LogP contribution in [0.4, 0.5) is 0 Å². The predicted octanol–water partition coefficient (Wildman–Crippen LogP) is 0.385. The third kappa shape index (κ3) is 10600. The van der Waals surface area contributed by atoms with Gasteiger partial charge < -0.3 is 4.90 Å². The minimum atomic E-state index is 1.17. The van der Waals surface area contributed by atoms with Crippen molar-refractivity contribution in [1.29, 1.82) is 0 Å². The van der Waals surface area contributed by atoms with Gasteiger partial charge in [-0.1, -0.05) is 4.57 Å². The zero-order valence-electron chi connectivity index (χ0n) is 4.43. The molecule has 0 aromatic carbocycles. The van der Waals surface area contributed by atoms with Gasteiger partial charge in [-0.3, -0.25) is 0 Å². The van der Waals surface area contributed by atoms with Crippen LogP contribution in [0.25, 0.3) is 0 Å². The van der Waals surface area contributed by atoms with E-state index in [1.165, 1.54) is 9.12 Å². The average molecular weight is 108 g/mol. The van der Waals surface area contributed by atoms with Gasteiger partial charge in [0.05, 0.1) is 0 Å². The first-order valence-corrected chi connectivity index (χ1v) is 2.05. The summed E-state index contributed by atoms with van der Waals surface area (Å²) in [7, 11) is 7.17. The number of rotatable bonds is 0. The van der Waals surface area contributed by atoms with Crippen molar-refractivity contribution in [3.8, 4) is 0 Å². The molecule has 0 aliphatic heterocycles. The Kier molecular flexibility index (Phi) is 14.0. The van der Waals surface area contributed by atoms with Crippen molar-refractivity contribution in [3.05, 3.63) is 0 Å². The maximum atomic E-state index is 8.17. The van der Waals surface area contributed by atoms with Gasteiger partial charge in [0.25, 0.3) is 0 Å². The van der Waals surface area contributed by atoms with Crippen LogP contribution in [-0.4, -0.2) is 26.0 Å². The molecule has 6 heavy (non-hydrogen) atoms. The molecule has 0 heterocycles. The van der Waals surface area contributed by atoms with Crippen LogP contribution in [0.3, 0.4) is 0 Å². The van der Waals surface area contributed by atoms with Gasteiger partial charge in [-0.2, -0.15) is 0 Å². The number of hydrogen-bond acceptors (Lipinski definition) is 2. The minimum Gasteiger partial charge on any atom is -0.312 e. The van der Waals surface area contributed by atoms with Gasteiger partial charge in [0.1, 0.15) is 0 Å². The highest BCUT2D eigenvalue weighted by Gasteiger charge is 1.58. The fourth-order valence-electron chi connectivity index (χ4n) is 0. The molecule has 0 radical (unpaired) electrons. The van der Waals surface area contributed by atoms with Gasteiger partial charge in [-0.05, 0) is 21.1 Å². The van der Waals surface area contributed by atoms with Crippen molar-refractivity contribution in [2.45, 2.75) is 0 Å². The van der Waals surface area contributed by atoms with E-state index in [1.54, 1.807) is 0 Å². The fourth-order valence-corrected chi connectivity index (χ4v) is 0. The van der Waals surface area contributed by atoms with Crippen LogP contribution < -0.4 is 0 Å². The summed E-state index contributed by atoms with van der Waals surface area (Å²) in [6, 6.07) is 0. The molecule has 0 aromatic heterocycles. The summed E-state index contributed by atoms with van der Waals surface area (Å²) in [5, 5.41) is 0. The molecule has 0 aliphatic rings. The lowest BCUT2D eigenvalue weighted by Crippen LogP contribution is -1.99. The molecule has 0 N–H and O–H groups in total. The Morgan fingerprint density at radius 1 is 1.17 bits per heavy atom. The maximum Gasteiger partial charge on any atom is 0.310 e. The van der Waals surface area contributed by atoms with E-state index < -0.39 is 0 Å². The van der Waals surface area contributed by atoms with E-state index in [4.69, 9.17) is 4.57 Å². The van der Waals surface area contributed by atoms with Crippen molar-refractivity contribution in [2.24, 2.45) is 0 Å². The van der Waals surface area contributed by atoms with Crippen molar-refractivity contribution in [1.82, 2.24) is 4.90 Å². The molecule has 38 valence electrons. The summed E-state index contributed by atoms with van der Waals surface area (Å²) >= 11 is 0. The summed E-state index contributed by atoms with van der Waals surface area (Å²) in [4.78, 5) is 2.00. The van der Waals surface area contributed by atoms with Crippen LogP contribution in [0.1, 0.15) is 0 Å². The molecule has 0 rings (SSSR count). The lowest BCUT2D eigenvalue weighted by Gasteiger charge is -1.90. The summed E-state index contributed by atoms with van der Waals surface area (Å²) in [5.74, 6) is 0. The normalized spacial score (nSPS) is 6.67. The van der Waals surface area contributed by atoms with E-state index >= 15 is 0 Å². The number of hydrogen-bond donors (Lipinski definition) is 0. The largest absolute Gasteiger partial charge is 0.312 e. The Hall–Kier alpha value is 0.0600. The van der Waals surface area contributed by atoms with Crippen molar-refractivity contribution < 1.29 is 4.57 Å². The first-order chi connectivity index (χ1) is 2.73. The molecule has 2 nitrogen and oxygen atoms in total. The quantitative estimate of drug-likeness (QED) is 0.418. The molecule has 0 spiro atoms. The van der Waals surface area contributed by atoms with Crippen LogP contribution in [0.15, 0.2) is 0 Å². The summed E-state index contributed by atoms with van der Waals surface area (Å²) in [6.45, 7) is 0. The SMILES string of the molecule is CN(C)C.O=[PH2+]. The molecule has 1 atom stereocenters. The van der Waals surface area contributed by atoms with Crippen molar-refractivity contribution in [3.63, 3.8) is 0 Å². The van der Waals surface area contributed by atoms with E-state index in [0.717, 1.165) is 0 Å². The molecule has 0 aliphatic carbocycles. The van der Waals surface area contributed by atoms with Gasteiger partial charge >= 0.3 is 9.12 Å². The Morgan fingerprint density at radius 2 is 1.17 bits per heavy atom. The second-order valence-corrected chi connectivity index (χ2v) is 1.34. The third-order valence-electron chi connectivity index (χ3n) is 0. The molecule has 0 fully saturated rings. The van der Waals surface area contributed by atoms with Crippen molar-refractivity contribution >= 4 is 9.12 Å². The van der Waals surface area contributed by atoms with Gasteiger partial charge in [0.15, 0.2) is 0 Å². The molecular weight excluding hydrogens is 97.0 g/mol. The molecule has 1 unspecified atom stereocenters. The highest BCUT2D eigenvalue weighted by atomic mass is 31.0. The first-order valence-electron chi connectivity index (χ1n) is 1.58. The number of nitrogens with zero attached hydrogens (tertiary/aromatic N) is 1. The Bertz CT molecular complexity index is 22.0. The summed E-state index contributed by atoms with van der Waals surface area (Å²) in [5.41, 5.74) is 0. The van der Waals surface area contributed by atoms with Crippen LogP contribution >= 0.6 is 9.12 Å². The zero-order chi connectivity index (χ0) is 5.58. The summed E-state index contributed by atoms with van der Waals surface area (Å²) < 4.78 is 8.17. The molecule has 0 amide bonds. The lowest BCUT2D eigenvalue weighted by molar-refractivity contribution is 0.505. The second kappa shape index (κ2) is 8.91. The van der Waals surface area contributed by atoms with Gasteiger partial charge in [0.2, 0.25) is 0 Å². The van der Waals surface area contributed by atoms with Crippen LogP contribution in [-0.2, 0) is 4.57 Å². The first kappa shape index (κ1) is 9.41.